The van der Waals surface area contributed by atoms with E-state index in [9.17, 15) is 5.11 Å². The SMILES string of the molecule is C=N/C=C\N(C)[C@](C)(CC)C(=C)O. The molecule has 0 aliphatic carbocycles. The van der Waals surface area contributed by atoms with Gasteiger partial charge in [0.25, 0.3) is 0 Å². The van der Waals surface area contributed by atoms with Gasteiger partial charge in [-0.25, -0.2) is 0 Å². The fourth-order valence-electron chi connectivity index (χ4n) is 0.969. The first-order valence-corrected chi connectivity index (χ1v) is 4.22. The molecule has 0 saturated carbocycles. The second kappa shape index (κ2) is 4.70. The molecule has 0 heterocycles. The Kier molecular flexibility index (Phi) is 4.25. The number of aliphatic hydroxyl groups is 1. The zero-order valence-electron chi connectivity index (χ0n) is 8.62. The number of nitrogens with zero attached hydrogens (tertiary/aromatic N) is 2. The quantitative estimate of drug-likeness (QED) is 0.523. The third kappa shape index (κ3) is 2.61. The third-order valence-electron chi connectivity index (χ3n) is 2.48. The number of hydrogen-bond donors (Lipinski definition) is 1. The Balaban J connectivity index is 4.65. The van der Waals surface area contributed by atoms with Gasteiger partial charge in [0, 0.05) is 19.4 Å². The highest BCUT2D eigenvalue weighted by atomic mass is 16.3. The summed E-state index contributed by atoms with van der Waals surface area (Å²) >= 11 is 0. The zero-order valence-corrected chi connectivity index (χ0v) is 8.62. The van der Waals surface area contributed by atoms with Crippen molar-refractivity contribution in [3.63, 3.8) is 0 Å². The number of likely N-dealkylation sites (N-methyl/N-ethyl adjacent to an activating group) is 1. The van der Waals surface area contributed by atoms with Crippen LogP contribution in [0, 0.1) is 0 Å². The van der Waals surface area contributed by atoms with E-state index in [1.165, 1.54) is 0 Å². The van der Waals surface area contributed by atoms with Gasteiger partial charge in [-0.3, -0.25) is 4.99 Å². The van der Waals surface area contributed by atoms with E-state index in [1.807, 2.05) is 25.8 Å². The van der Waals surface area contributed by atoms with Gasteiger partial charge >= 0.3 is 0 Å². The normalized spacial score (nSPS) is 15.3. The van der Waals surface area contributed by atoms with Crippen molar-refractivity contribution in [1.29, 1.82) is 0 Å². The smallest absolute Gasteiger partial charge is 0.110 e. The van der Waals surface area contributed by atoms with Crippen LogP contribution in [0.5, 0.6) is 0 Å². The molecular weight excluding hydrogens is 164 g/mol. The van der Waals surface area contributed by atoms with Crippen LogP contribution in [0.4, 0.5) is 0 Å². The Morgan fingerprint density at radius 1 is 1.69 bits per heavy atom. The minimum Gasteiger partial charge on any atom is -0.510 e. The van der Waals surface area contributed by atoms with Crippen LogP contribution in [-0.4, -0.2) is 29.3 Å². The van der Waals surface area contributed by atoms with E-state index in [0.717, 1.165) is 6.42 Å². The average molecular weight is 182 g/mol. The molecule has 1 atom stereocenters. The first-order chi connectivity index (χ1) is 5.99. The molecule has 0 bridgehead atoms. The summed E-state index contributed by atoms with van der Waals surface area (Å²) in [5.74, 6) is 0.159. The van der Waals surface area contributed by atoms with Crippen molar-refractivity contribution in [3.05, 3.63) is 24.7 Å². The maximum absolute atomic E-state index is 9.42. The van der Waals surface area contributed by atoms with Crippen LogP contribution in [0.25, 0.3) is 0 Å². The molecule has 0 fully saturated rings. The van der Waals surface area contributed by atoms with Gasteiger partial charge < -0.3 is 10.0 Å². The number of rotatable bonds is 5. The number of aliphatic imine (C=N–C) groups is 1. The number of hydrogen-bond acceptors (Lipinski definition) is 3. The summed E-state index contributed by atoms with van der Waals surface area (Å²) in [5.41, 5.74) is -0.429. The first kappa shape index (κ1) is 11.8. The molecule has 0 amide bonds. The predicted octanol–water partition coefficient (Wildman–Crippen LogP) is 2.33. The van der Waals surface area contributed by atoms with Crippen LogP contribution in [0.3, 0.4) is 0 Å². The van der Waals surface area contributed by atoms with Crippen molar-refractivity contribution >= 4 is 6.72 Å². The molecule has 0 unspecified atom stereocenters. The lowest BCUT2D eigenvalue weighted by atomic mass is 9.95. The Hall–Kier alpha value is -1.25. The fourth-order valence-corrected chi connectivity index (χ4v) is 0.969. The summed E-state index contributed by atoms with van der Waals surface area (Å²) < 4.78 is 0. The Morgan fingerprint density at radius 2 is 2.23 bits per heavy atom. The zero-order chi connectivity index (χ0) is 10.5. The Bertz CT molecular complexity index is 223. The van der Waals surface area contributed by atoms with Crippen molar-refractivity contribution in [2.75, 3.05) is 7.05 Å². The van der Waals surface area contributed by atoms with Crippen LogP contribution in [0.1, 0.15) is 20.3 Å². The van der Waals surface area contributed by atoms with E-state index in [2.05, 4.69) is 18.3 Å². The van der Waals surface area contributed by atoms with Gasteiger partial charge in [0.05, 0.1) is 5.54 Å². The van der Waals surface area contributed by atoms with Crippen molar-refractivity contribution in [2.24, 2.45) is 4.99 Å². The van der Waals surface area contributed by atoms with E-state index in [4.69, 9.17) is 0 Å². The molecule has 0 aromatic rings. The maximum Gasteiger partial charge on any atom is 0.110 e. The van der Waals surface area contributed by atoms with Gasteiger partial charge in [-0.15, -0.1) is 0 Å². The van der Waals surface area contributed by atoms with Crippen molar-refractivity contribution < 1.29 is 5.11 Å². The summed E-state index contributed by atoms with van der Waals surface area (Å²) in [6.07, 6.45) is 4.12. The lowest BCUT2D eigenvalue weighted by Crippen LogP contribution is -2.41. The molecule has 0 spiro atoms. The van der Waals surface area contributed by atoms with Crippen molar-refractivity contribution in [3.8, 4) is 0 Å². The van der Waals surface area contributed by atoms with E-state index in [-0.39, 0.29) is 5.76 Å². The molecule has 74 valence electrons. The van der Waals surface area contributed by atoms with E-state index >= 15 is 0 Å². The highest BCUT2D eigenvalue weighted by Crippen LogP contribution is 2.24. The molecule has 0 aromatic heterocycles. The summed E-state index contributed by atoms with van der Waals surface area (Å²) in [6, 6.07) is 0. The van der Waals surface area contributed by atoms with Gasteiger partial charge in [0.1, 0.15) is 5.76 Å². The average Bonchev–Trinajstić information content (AvgIpc) is 2.12. The van der Waals surface area contributed by atoms with Gasteiger partial charge in [0.15, 0.2) is 0 Å². The molecule has 0 aromatic carbocycles. The van der Waals surface area contributed by atoms with Crippen LogP contribution in [0.15, 0.2) is 29.7 Å². The molecule has 0 rings (SSSR count). The van der Waals surface area contributed by atoms with E-state index in [0.29, 0.717) is 0 Å². The van der Waals surface area contributed by atoms with Crippen LogP contribution in [0.2, 0.25) is 0 Å². The van der Waals surface area contributed by atoms with Gasteiger partial charge in [-0.05, 0) is 20.1 Å². The van der Waals surface area contributed by atoms with Gasteiger partial charge in [0.2, 0.25) is 0 Å². The topological polar surface area (TPSA) is 35.8 Å². The molecule has 0 aliphatic rings. The first-order valence-electron chi connectivity index (χ1n) is 4.22. The van der Waals surface area contributed by atoms with Gasteiger partial charge in [-0.2, -0.15) is 0 Å². The molecular formula is C10H18N2O. The van der Waals surface area contributed by atoms with Crippen LogP contribution >= 0.6 is 0 Å². The summed E-state index contributed by atoms with van der Waals surface area (Å²) in [7, 11) is 1.87. The minimum absolute atomic E-state index is 0.159. The number of aliphatic hydroxyl groups excluding tert-OH is 1. The molecule has 0 radical (unpaired) electrons. The molecule has 13 heavy (non-hydrogen) atoms. The highest BCUT2D eigenvalue weighted by molar-refractivity contribution is 5.25. The molecule has 1 N–H and O–H groups in total. The highest BCUT2D eigenvalue weighted by Gasteiger charge is 2.28. The lowest BCUT2D eigenvalue weighted by Gasteiger charge is -2.36. The van der Waals surface area contributed by atoms with E-state index in [1.54, 1.807) is 12.4 Å². The lowest BCUT2D eigenvalue weighted by molar-refractivity contribution is 0.164. The fraction of sp³-hybridized carbons (Fsp3) is 0.500. The van der Waals surface area contributed by atoms with Gasteiger partial charge in [-0.1, -0.05) is 13.5 Å². The maximum atomic E-state index is 9.42. The predicted molar refractivity (Wildman–Crippen MR) is 56.9 cm³/mol. The molecule has 3 heteroatoms. The summed E-state index contributed by atoms with van der Waals surface area (Å²) in [6.45, 7) is 10.8. The van der Waals surface area contributed by atoms with E-state index < -0.39 is 5.54 Å². The van der Waals surface area contributed by atoms with Crippen molar-refractivity contribution in [2.45, 2.75) is 25.8 Å². The van der Waals surface area contributed by atoms with Crippen LogP contribution < -0.4 is 0 Å². The summed E-state index contributed by atoms with van der Waals surface area (Å²) in [5, 5.41) is 9.42. The second-order valence-electron chi connectivity index (χ2n) is 3.17. The third-order valence-corrected chi connectivity index (χ3v) is 2.48. The van der Waals surface area contributed by atoms with Crippen LogP contribution in [-0.2, 0) is 0 Å². The monoisotopic (exact) mass is 182 g/mol. The second-order valence-corrected chi connectivity index (χ2v) is 3.17. The molecule has 0 saturated heterocycles. The Morgan fingerprint density at radius 3 is 2.54 bits per heavy atom. The molecule has 0 aliphatic heterocycles. The largest absolute Gasteiger partial charge is 0.510 e. The molecule has 3 nitrogen and oxygen atoms in total. The Labute approximate surface area is 80.1 Å². The minimum atomic E-state index is -0.429. The van der Waals surface area contributed by atoms with Crippen molar-refractivity contribution in [1.82, 2.24) is 4.90 Å². The summed E-state index contributed by atoms with van der Waals surface area (Å²) in [4.78, 5) is 5.46. The standard InChI is InChI=1S/C10H18N2O/c1-6-10(3,9(2)13)12(5)8-7-11-4/h7-8,13H,2,4,6H2,1,3,5H3/b8-7-/t10-/m1/s1.